The monoisotopic (exact) mass is 379 g/mol. The van der Waals surface area contributed by atoms with Gasteiger partial charge in [0.25, 0.3) is 11.8 Å². The van der Waals surface area contributed by atoms with E-state index >= 15 is 0 Å². The first kappa shape index (κ1) is 18.6. The zero-order valence-corrected chi connectivity index (χ0v) is 15.9. The average molecular weight is 379 g/mol. The van der Waals surface area contributed by atoms with Gasteiger partial charge >= 0.3 is 0 Å². The topological polar surface area (TPSA) is 71.5 Å². The molecule has 3 heterocycles. The van der Waals surface area contributed by atoms with Gasteiger partial charge in [0.1, 0.15) is 0 Å². The highest BCUT2D eigenvalue weighted by Crippen LogP contribution is 2.21. The highest BCUT2D eigenvalue weighted by Gasteiger charge is 2.20. The molecule has 6 heteroatoms. The molecular formula is C22H25N3O3. The van der Waals surface area contributed by atoms with Gasteiger partial charge in [0.15, 0.2) is 0 Å². The van der Waals surface area contributed by atoms with Crippen LogP contribution in [0.3, 0.4) is 0 Å². The Morgan fingerprint density at radius 2 is 1.93 bits per heavy atom. The lowest BCUT2D eigenvalue weighted by atomic mass is 10.0. The van der Waals surface area contributed by atoms with Gasteiger partial charge in [-0.05, 0) is 49.9 Å². The fourth-order valence-electron chi connectivity index (χ4n) is 3.74. The summed E-state index contributed by atoms with van der Waals surface area (Å²) in [6.45, 7) is 2.88. The minimum absolute atomic E-state index is 0.0541. The summed E-state index contributed by atoms with van der Waals surface area (Å²) in [5.74, 6) is -0.0589. The number of rotatable bonds is 4. The smallest absolute Gasteiger partial charge is 0.253 e. The van der Waals surface area contributed by atoms with E-state index in [1.54, 1.807) is 18.3 Å². The standard InChI is InChI=1S/C22H25N3O3/c26-21(24-19-8-12-28-15-19)17-6-4-5-16(13-17)20-14-18(7-9-23-20)22(27)25-10-2-1-3-11-25/h4-7,9,13-14,19H,1-3,8,10-12,15H2,(H,24,26)/t19-/m0/s1. The molecule has 0 unspecified atom stereocenters. The number of hydrogen-bond donors (Lipinski definition) is 1. The molecule has 1 atom stereocenters. The summed E-state index contributed by atoms with van der Waals surface area (Å²) in [7, 11) is 0. The Morgan fingerprint density at radius 1 is 1.07 bits per heavy atom. The molecule has 2 aliphatic rings. The maximum atomic E-state index is 12.8. The van der Waals surface area contributed by atoms with Gasteiger partial charge in [0.05, 0.1) is 18.3 Å². The highest BCUT2D eigenvalue weighted by molar-refractivity contribution is 5.97. The summed E-state index contributed by atoms with van der Waals surface area (Å²) in [5, 5.41) is 3.00. The van der Waals surface area contributed by atoms with Crippen molar-refractivity contribution in [2.24, 2.45) is 0 Å². The molecule has 4 rings (SSSR count). The van der Waals surface area contributed by atoms with Gasteiger partial charge in [0, 0.05) is 42.6 Å². The number of pyridine rings is 1. The van der Waals surface area contributed by atoms with E-state index in [2.05, 4.69) is 10.3 Å². The number of nitrogens with zero attached hydrogens (tertiary/aromatic N) is 2. The zero-order chi connectivity index (χ0) is 19.3. The van der Waals surface area contributed by atoms with Crippen molar-refractivity contribution in [2.45, 2.75) is 31.7 Å². The van der Waals surface area contributed by atoms with Crippen LogP contribution in [0.1, 0.15) is 46.4 Å². The number of amides is 2. The Morgan fingerprint density at radius 3 is 2.71 bits per heavy atom. The molecule has 0 radical (unpaired) electrons. The van der Waals surface area contributed by atoms with Crippen molar-refractivity contribution in [3.8, 4) is 11.3 Å². The summed E-state index contributed by atoms with van der Waals surface area (Å²) in [6, 6.07) is 11.0. The molecule has 28 heavy (non-hydrogen) atoms. The Balaban J connectivity index is 1.52. The summed E-state index contributed by atoms with van der Waals surface area (Å²) in [6.07, 6.45) is 5.82. The quantitative estimate of drug-likeness (QED) is 0.887. The van der Waals surface area contributed by atoms with Crippen molar-refractivity contribution >= 4 is 11.8 Å². The van der Waals surface area contributed by atoms with E-state index in [0.29, 0.717) is 30.0 Å². The van der Waals surface area contributed by atoms with Gasteiger partial charge in [-0.1, -0.05) is 12.1 Å². The zero-order valence-electron chi connectivity index (χ0n) is 15.9. The second-order valence-corrected chi connectivity index (χ2v) is 7.40. The number of carbonyl (C=O) groups excluding carboxylic acids is 2. The van der Waals surface area contributed by atoms with Crippen molar-refractivity contribution < 1.29 is 14.3 Å². The number of likely N-dealkylation sites (tertiary alicyclic amines) is 1. The molecule has 0 spiro atoms. The highest BCUT2D eigenvalue weighted by atomic mass is 16.5. The third-order valence-corrected chi connectivity index (χ3v) is 5.34. The molecule has 1 aromatic heterocycles. The molecule has 146 valence electrons. The molecular weight excluding hydrogens is 354 g/mol. The third-order valence-electron chi connectivity index (χ3n) is 5.34. The summed E-state index contributed by atoms with van der Waals surface area (Å²) in [5.41, 5.74) is 2.74. The van der Waals surface area contributed by atoms with E-state index in [1.807, 2.05) is 29.2 Å². The second-order valence-electron chi connectivity index (χ2n) is 7.40. The molecule has 1 aromatic carbocycles. The van der Waals surface area contributed by atoms with Crippen molar-refractivity contribution in [1.82, 2.24) is 15.2 Å². The SMILES string of the molecule is O=C(N[C@H]1CCOC1)c1cccc(-c2cc(C(=O)N3CCCCC3)ccn2)c1. The number of ether oxygens (including phenoxy) is 1. The summed E-state index contributed by atoms with van der Waals surface area (Å²) >= 11 is 0. The Hall–Kier alpha value is -2.73. The minimum Gasteiger partial charge on any atom is -0.379 e. The summed E-state index contributed by atoms with van der Waals surface area (Å²) in [4.78, 5) is 31.6. The van der Waals surface area contributed by atoms with Crippen molar-refractivity contribution in [1.29, 1.82) is 0 Å². The molecule has 2 aromatic rings. The number of carbonyl (C=O) groups is 2. The van der Waals surface area contributed by atoms with Crippen LogP contribution >= 0.6 is 0 Å². The van der Waals surface area contributed by atoms with Crippen molar-refractivity contribution in [3.05, 3.63) is 53.7 Å². The van der Waals surface area contributed by atoms with Crippen molar-refractivity contribution in [2.75, 3.05) is 26.3 Å². The van der Waals surface area contributed by atoms with E-state index in [4.69, 9.17) is 4.74 Å². The normalized spacial score (nSPS) is 19.4. The van der Waals surface area contributed by atoms with Gasteiger partial charge in [-0.3, -0.25) is 14.6 Å². The van der Waals surface area contributed by atoms with Crippen LogP contribution in [0.15, 0.2) is 42.6 Å². The third kappa shape index (κ3) is 4.22. The average Bonchev–Trinajstić information content (AvgIpc) is 3.27. The van der Waals surface area contributed by atoms with Crippen LogP contribution in [0.5, 0.6) is 0 Å². The van der Waals surface area contributed by atoms with Crippen LogP contribution < -0.4 is 5.32 Å². The molecule has 2 fully saturated rings. The minimum atomic E-state index is -0.113. The first-order chi connectivity index (χ1) is 13.7. The number of aromatic nitrogens is 1. The van der Waals surface area contributed by atoms with Crippen LogP contribution in [0.25, 0.3) is 11.3 Å². The largest absolute Gasteiger partial charge is 0.379 e. The Bertz CT molecular complexity index is 856. The lowest BCUT2D eigenvalue weighted by Gasteiger charge is -2.26. The van der Waals surface area contributed by atoms with E-state index in [9.17, 15) is 9.59 Å². The molecule has 0 aliphatic carbocycles. The van der Waals surface area contributed by atoms with Gasteiger partial charge < -0.3 is 15.0 Å². The molecule has 2 amide bonds. The lowest BCUT2D eigenvalue weighted by molar-refractivity contribution is 0.0724. The van der Waals surface area contributed by atoms with E-state index in [1.165, 1.54) is 6.42 Å². The fraction of sp³-hybridized carbons (Fsp3) is 0.409. The Labute approximate surface area is 164 Å². The fourth-order valence-corrected chi connectivity index (χ4v) is 3.74. The van der Waals surface area contributed by atoms with Gasteiger partial charge in [-0.2, -0.15) is 0 Å². The second kappa shape index (κ2) is 8.52. The van der Waals surface area contributed by atoms with E-state index < -0.39 is 0 Å². The summed E-state index contributed by atoms with van der Waals surface area (Å²) < 4.78 is 5.31. The molecule has 1 N–H and O–H groups in total. The molecule has 0 saturated carbocycles. The maximum absolute atomic E-state index is 12.8. The van der Waals surface area contributed by atoms with Crippen LogP contribution in [-0.2, 0) is 4.74 Å². The van der Waals surface area contributed by atoms with Gasteiger partial charge in [-0.15, -0.1) is 0 Å². The predicted octanol–water partition coefficient (Wildman–Crippen LogP) is 2.89. The predicted molar refractivity (Wildman–Crippen MR) is 106 cm³/mol. The first-order valence-corrected chi connectivity index (χ1v) is 9.95. The van der Waals surface area contributed by atoms with Gasteiger partial charge in [-0.25, -0.2) is 0 Å². The van der Waals surface area contributed by atoms with E-state index in [-0.39, 0.29) is 17.9 Å². The lowest BCUT2D eigenvalue weighted by Crippen LogP contribution is -2.35. The number of piperidine rings is 1. The number of hydrogen-bond acceptors (Lipinski definition) is 4. The molecule has 0 bridgehead atoms. The van der Waals surface area contributed by atoms with E-state index in [0.717, 1.165) is 37.9 Å². The molecule has 2 saturated heterocycles. The van der Waals surface area contributed by atoms with Crippen molar-refractivity contribution in [3.63, 3.8) is 0 Å². The number of nitrogens with one attached hydrogen (secondary N) is 1. The maximum Gasteiger partial charge on any atom is 0.253 e. The first-order valence-electron chi connectivity index (χ1n) is 9.95. The van der Waals surface area contributed by atoms with Gasteiger partial charge in [0.2, 0.25) is 0 Å². The Kier molecular flexibility index (Phi) is 5.67. The number of benzene rings is 1. The van der Waals surface area contributed by atoms with Crippen LogP contribution in [-0.4, -0.2) is 54.0 Å². The molecule has 6 nitrogen and oxygen atoms in total. The van der Waals surface area contributed by atoms with Crippen LogP contribution in [0.4, 0.5) is 0 Å². The van der Waals surface area contributed by atoms with Crippen LogP contribution in [0.2, 0.25) is 0 Å². The van der Waals surface area contributed by atoms with Crippen LogP contribution in [0, 0.1) is 0 Å². The molecule has 2 aliphatic heterocycles.